The first-order chi connectivity index (χ1) is 12.3. The predicted octanol–water partition coefficient (Wildman–Crippen LogP) is 1.08. The van der Waals surface area contributed by atoms with Crippen LogP contribution in [0.25, 0.3) is 16.6 Å². The third kappa shape index (κ3) is 2.75. The zero-order chi connectivity index (χ0) is 17.2. The number of ether oxygens (including phenoxy) is 1. The van der Waals surface area contributed by atoms with Gasteiger partial charge in [0.1, 0.15) is 22.9 Å². The van der Waals surface area contributed by atoms with Crippen LogP contribution in [0.1, 0.15) is 5.56 Å². The highest BCUT2D eigenvalue weighted by Crippen LogP contribution is 2.29. The molecule has 0 aliphatic carbocycles. The van der Waals surface area contributed by atoms with Gasteiger partial charge in [-0.1, -0.05) is 0 Å². The molecule has 3 aromatic rings. The monoisotopic (exact) mass is 335 g/mol. The summed E-state index contributed by atoms with van der Waals surface area (Å²) < 4.78 is 7.09. The quantitative estimate of drug-likeness (QED) is 0.766. The molecular formula is C17H17N7O. The van der Waals surface area contributed by atoms with Crippen molar-refractivity contribution in [2.75, 3.05) is 38.2 Å². The fourth-order valence-electron chi connectivity index (χ4n) is 2.98. The van der Waals surface area contributed by atoms with Crippen molar-refractivity contribution in [3.63, 3.8) is 0 Å². The molecule has 25 heavy (non-hydrogen) atoms. The smallest absolute Gasteiger partial charge is 0.225 e. The Hall–Kier alpha value is -3.18. The molecule has 4 heterocycles. The van der Waals surface area contributed by atoms with E-state index in [1.54, 1.807) is 24.0 Å². The standard InChI is InChI=1S/C17H17N7O/c1-25-15-6-12(11-24-16(15)13(7-18)10-22-24)14-8-20-17(21-9-14)23-4-2-19-3-5-23/h6,8-11,19H,2-5H2,1H3. The van der Waals surface area contributed by atoms with E-state index in [0.717, 1.165) is 43.3 Å². The summed E-state index contributed by atoms with van der Waals surface area (Å²) in [5.41, 5.74) is 2.89. The minimum Gasteiger partial charge on any atom is -0.494 e. The molecule has 1 fully saturated rings. The largest absolute Gasteiger partial charge is 0.494 e. The number of piperazine rings is 1. The predicted molar refractivity (Wildman–Crippen MR) is 92.6 cm³/mol. The summed E-state index contributed by atoms with van der Waals surface area (Å²) in [6.45, 7) is 3.70. The highest BCUT2D eigenvalue weighted by atomic mass is 16.5. The zero-order valence-corrected chi connectivity index (χ0v) is 13.8. The Balaban J connectivity index is 1.70. The Kier molecular flexibility index (Phi) is 3.91. The maximum absolute atomic E-state index is 9.20. The Morgan fingerprint density at radius 1 is 1.16 bits per heavy atom. The van der Waals surface area contributed by atoms with Crippen molar-refractivity contribution in [3.05, 3.63) is 36.4 Å². The molecule has 1 N–H and O–H groups in total. The van der Waals surface area contributed by atoms with Gasteiger partial charge in [-0.2, -0.15) is 10.4 Å². The van der Waals surface area contributed by atoms with Gasteiger partial charge in [0.15, 0.2) is 0 Å². The molecule has 1 aliphatic heterocycles. The molecule has 3 aromatic heterocycles. The topological polar surface area (TPSA) is 91.4 Å². The maximum atomic E-state index is 9.20. The summed E-state index contributed by atoms with van der Waals surface area (Å²) in [4.78, 5) is 11.2. The number of nitrogens with zero attached hydrogens (tertiary/aromatic N) is 6. The zero-order valence-electron chi connectivity index (χ0n) is 13.8. The second-order valence-electron chi connectivity index (χ2n) is 5.77. The van der Waals surface area contributed by atoms with Crippen LogP contribution in [0.15, 0.2) is 30.9 Å². The van der Waals surface area contributed by atoms with Crippen LogP contribution in [-0.2, 0) is 0 Å². The lowest BCUT2D eigenvalue weighted by Gasteiger charge is -2.27. The first-order valence-electron chi connectivity index (χ1n) is 8.03. The number of anilines is 1. The molecule has 0 atom stereocenters. The number of methoxy groups -OCH3 is 1. The Bertz CT molecular complexity index is 936. The average molecular weight is 335 g/mol. The van der Waals surface area contributed by atoms with E-state index in [1.165, 1.54) is 6.20 Å². The van der Waals surface area contributed by atoms with E-state index in [2.05, 4.69) is 31.4 Å². The van der Waals surface area contributed by atoms with Gasteiger partial charge in [0.25, 0.3) is 0 Å². The molecule has 4 rings (SSSR count). The van der Waals surface area contributed by atoms with Crippen molar-refractivity contribution in [1.29, 1.82) is 5.26 Å². The van der Waals surface area contributed by atoms with Crippen molar-refractivity contribution in [3.8, 4) is 22.9 Å². The van der Waals surface area contributed by atoms with E-state index in [1.807, 2.05) is 12.3 Å². The molecule has 0 bridgehead atoms. The van der Waals surface area contributed by atoms with Crippen LogP contribution in [0, 0.1) is 11.3 Å². The number of nitriles is 1. The minimum atomic E-state index is 0.480. The van der Waals surface area contributed by atoms with Crippen LogP contribution in [0.4, 0.5) is 5.95 Å². The summed E-state index contributed by atoms with van der Waals surface area (Å²) in [6.07, 6.45) is 6.99. The molecule has 8 nitrogen and oxygen atoms in total. The lowest BCUT2D eigenvalue weighted by molar-refractivity contribution is 0.417. The van der Waals surface area contributed by atoms with Crippen LogP contribution in [0.2, 0.25) is 0 Å². The van der Waals surface area contributed by atoms with Gasteiger partial charge in [-0.05, 0) is 6.07 Å². The fraction of sp³-hybridized carbons (Fsp3) is 0.294. The van der Waals surface area contributed by atoms with Crippen LogP contribution < -0.4 is 15.0 Å². The van der Waals surface area contributed by atoms with E-state index in [0.29, 0.717) is 16.8 Å². The number of nitrogens with one attached hydrogen (secondary N) is 1. The summed E-state index contributed by atoms with van der Waals surface area (Å²) >= 11 is 0. The molecule has 0 amide bonds. The van der Waals surface area contributed by atoms with Crippen molar-refractivity contribution in [2.24, 2.45) is 0 Å². The van der Waals surface area contributed by atoms with E-state index >= 15 is 0 Å². The molecule has 0 unspecified atom stereocenters. The first kappa shape index (κ1) is 15.4. The van der Waals surface area contributed by atoms with Gasteiger partial charge in [-0.3, -0.25) is 0 Å². The van der Waals surface area contributed by atoms with Crippen molar-refractivity contribution in [2.45, 2.75) is 0 Å². The second-order valence-corrected chi connectivity index (χ2v) is 5.77. The van der Waals surface area contributed by atoms with Gasteiger partial charge >= 0.3 is 0 Å². The van der Waals surface area contributed by atoms with E-state index in [-0.39, 0.29) is 0 Å². The lowest BCUT2D eigenvalue weighted by atomic mass is 10.1. The van der Waals surface area contributed by atoms with E-state index < -0.39 is 0 Å². The average Bonchev–Trinajstić information content (AvgIpc) is 3.11. The third-order valence-electron chi connectivity index (χ3n) is 4.29. The van der Waals surface area contributed by atoms with Gasteiger partial charge in [0.2, 0.25) is 5.95 Å². The van der Waals surface area contributed by atoms with E-state index in [9.17, 15) is 5.26 Å². The van der Waals surface area contributed by atoms with Crippen LogP contribution in [0.3, 0.4) is 0 Å². The van der Waals surface area contributed by atoms with Crippen LogP contribution >= 0.6 is 0 Å². The Morgan fingerprint density at radius 2 is 1.92 bits per heavy atom. The van der Waals surface area contributed by atoms with Crippen LogP contribution in [-0.4, -0.2) is 52.9 Å². The second kappa shape index (κ2) is 6.37. The van der Waals surface area contributed by atoms with Gasteiger partial charge in [-0.25, -0.2) is 14.5 Å². The number of aromatic nitrogens is 4. The van der Waals surface area contributed by atoms with Gasteiger partial charge < -0.3 is 15.0 Å². The highest BCUT2D eigenvalue weighted by Gasteiger charge is 2.15. The summed E-state index contributed by atoms with van der Waals surface area (Å²) in [6, 6.07) is 4.01. The lowest BCUT2D eigenvalue weighted by Crippen LogP contribution is -2.44. The number of pyridine rings is 1. The van der Waals surface area contributed by atoms with Crippen LogP contribution in [0.5, 0.6) is 5.75 Å². The normalized spacial score (nSPS) is 14.5. The molecule has 0 spiro atoms. The summed E-state index contributed by atoms with van der Waals surface area (Å²) in [5.74, 6) is 1.34. The SMILES string of the molecule is COc1cc(-c2cnc(N3CCNCC3)nc2)cn2ncc(C#N)c12. The van der Waals surface area contributed by atoms with Gasteiger partial charge in [-0.15, -0.1) is 0 Å². The Morgan fingerprint density at radius 3 is 2.60 bits per heavy atom. The third-order valence-corrected chi connectivity index (χ3v) is 4.29. The Labute approximate surface area is 144 Å². The molecular weight excluding hydrogens is 318 g/mol. The molecule has 126 valence electrons. The fourth-order valence-corrected chi connectivity index (χ4v) is 2.98. The highest BCUT2D eigenvalue weighted by molar-refractivity contribution is 5.75. The number of hydrogen-bond acceptors (Lipinski definition) is 7. The van der Waals surface area contributed by atoms with Crippen molar-refractivity contribution < 1.29 is 4.74 Å². The molecule has 8 heteroatoms. The number of hydrogen-bond donors (Lipinski definition) is 1. The van der Waals surface area contributed by atoms with Crippen molar-refractivity contribution in [1.82, 2.24) is 24.9 Å². The number of rotatable bonds is 3. The van der Waals surface area contributed by atoms with E-state index in [4.69, 9.17) is 4.74 Å². The molecule has 0 aromatic carbocycles. The summed E-state index contributed by atoms with van der Waals surface area (Å²) in [5, 5.41) is 16.7. The molecule has 0 radical (unpaired) electrons. The van der Waals surface area contributed by atoms with Gasteiger partial charge in [0.05, 0.1) is 13.3 Å². The van der Waals surface area contributed by atoms with Crippen molar-refractivity contribution >= 4 is 11.5 Å². The first-order valence-corrected chi connectivity index (χ1v) is 8.03. The summed E-state index contributed by atoms with van der Waals surface area (Å²) in [7, 11) is 1.58. The molecule has 1 saturated heterocycles. The maximum Gasteiger partial charge on any atom is 0.225 e. The molecule has 0 saturated carbocycles. The van der Waals surface area contributed by atoms with Gasteiger partial charge in [0, 0.05) is 55.9 Å². The minimum absolute atomic E-state index is 0.480. The number of fused-ring (bicyclic) bond motifs is 1. The molecule has 1 aliphatic rings.